The number of hydrogen-bond acceptors (Lipinski definition) is 4. The number of nitrogens with one attached hydrogen (secondary N) is 1. The lowest BCUT2D eigenvalue weighted by Crippen LogP contribution is -2.57. The lowest BCUT2D eigenvalue weighted by Gasteiger charge is -2.49. The highest BCUT2D eigenvalue weighted by Crippen LogP contribution is 2.36. The van der Waals surface area contributed by atoms with Crippen molar-refractivity contribution in [3.63, 3.8) is 0 Å². The summed E-state index contributed by atoms with van der Waals surface area (Å²) in [6, 6.07) is 0. The molecule has 1 amide bonds. The average Bonchev–Trinajstić information content (AvgIpc) is 2.34. The zero-order chi connectivity index (χ0) is 13.9. The van der Waals surface area contributed by atoms with E-state index in [0.717, 1.165) is 19.6 Å². The highest BCUT2D eigenvalue weighted by molar-refractivity contribution is 5.76. The number of hydrogen-bond donors (Lipinski definition) is 1. The molecule has 1 saturated carbocycles. The standard InChI is InChI=1S/C14H27N3O2/c1-16(2)14(5-4-6-14)11-17(3)13(18)9-12-10-15-7-8-19-12/h12,15H,4-11H2,1-3H3. The smallest absolute Gasteiger partial charge is 0.225 e. The van der Waals surface area contributed by atoms with Crippen molar-refractivity contribution in [3.8, 4) is 0 Å². The summed E-state index contributed by atoms with van der Waals surface area (Å²) in [5.74, 6) is 0.196. The van der Waals surface area contributed by atoms with E-state index >= 15 is 0 Å². The Labute approximate surface area is 116 Å². The Bertz CT molecular complexity index is 310. The van der Waals surface area contributed by atoms with Crippen LogP contribution in [-0.2, 0) is 9.53 Å². The third kappa shape index (κ3) is 3.46. The number of carbonyl (C=O) groups is 1. The fourth-order valence-electron chi connectivity index (χ4n) is 2.96. The van der Waals surface area contributed by atoms with E-state index in [2.05, 4.69) is 24.3 Å². The molecule has 2 rings (SSSR count). The number of nitrogens with zero attached hydrogens (tertiary/aromatic N) is 2. The Morgan fingerprint density at radius 3 is 2.58 bits per heavy atom. The summed E-state index contributed by atoms with van der Waals surface area (Å²) < 4.78 is 5.60. The number of morpholine rings is 1. The van der Waals surface area contributed by atoms with Crippen LogP contribution in [0.2, 0.25) is 0 Å². The van der Waals surface area contributed by atoms with Gasteiger partial charge >= 0.3 is 0 Å². The zero-order valence-corrected chi connectivity index (χ0v) is 12.4. The Hall–Kier alpha value is -0.650. The minimum Gasteiger partial charge on any atom is -0.375 e. The first-order valence-electron chi connectivity index (χ1n) is 7.27. The van der Waals surface area contributed by atoms with E-state index in [1.165, 1.54) is 19.3 Å². The van der Waals surface area contributed by atoms with Crippen LogP contribution in [0.15, 0.2) is 0 Å². The van der Waals surface area contributed by atoms with Crippen molar-refractivity contribution in [2.45, 2.75) is 37.3 Å². The molecule has 1 heterocycles. The maximum Gasteiger partial charge on any atom is 0.225 e. The van der Waals surface area contributed by atoms with Gasteiger partial charge in [0.25, 0.3) is 0 Å². The Kier molecular flexibility index (Phi) is 4.81. The van der Waals surface area contributed by atoms with Gasteiger partial charge in [0, 0.05) is 32.2 Å². The molecule has 2 fully saturated rings. The van der Waals surface area contributed by atoms with Gasteiger partial charge in [-0.25, -0.2) is 0 Å². The third-order valence-electron chi connectivity index (χ3n) is 4.60. The van der Waals surface area contributed by atoms with Crippen molar-refractivity contribution in [1.29, 1.82) is 0 Å². The summed E-state index contributed by atoms with van der Waals surface area (Å²) in [7, 11) is 6.15. The zero-order valence-electron chi connectivity index (χ0n) is 12.4. The Morgan fingerprint density at radius 1 is 1.37 bits per heavy atom. The quantitative estimate of drug-likeness (QED) is 0.780. The van der Waals surface area contributed by atoms with Gasteiger partial charge in [0.1, 0.15) is 0 Å². The number of rotatable bonds is 5. The van der Waals surface area contributed by atoms with Crippen molar-refractivity contribution in [2.75, 3.05) is 47.4 Å². The first kappa shape index (κ1) is 14.8. The van der Waals surface area contributed by atoms with Crippen LogP contribution in [0.5, 0.6) is 0 Å². The molecule has 1 saturated heterocycles. The molecule has 2 aliphatic rings. The SMILES string of the molecule is CN(CC1(N(C)C)CCC1)C(=O)CC1CNCCO1. The van der Waals surface area contributed by atoms with Crippen LogP contribution in [0.25, 0.3) is 0 Å². The lowest BCUT2D eigenvalue weighted by molar-refractivity contribution is -0.136. The number of amides is 1. The van der Waals surface area contributed by atoms with Gasteiger partial charge in [-0.2, -0.15) is 0 Å². The van der Waals surface area contributed by atoms with Gasteiger partial charge in [0.05, 0.1) is 19.1 Å². The summed E-state index contributed by atoms with van der Waals surface area (Å²) in [6.07, 6.45) is 4.20. The minimum absolute atomic E-state index is 0.0420. The Balaban J connectivity index is 1.81. The molecule has 0 bridgehead atoms. The molecule has 1 atom stereocenters. The van der Waals surface area contributed by atoms with E-state index in [9.17, 15) is 4.79 Å². The molecule has 1 N–H and O–H groups in total. The molecule has 19 heavy (non-hydrogen) atoms. The molecule has 5 heteroatoms. The van der Waals surface area contributed by atoms with Crippen LogP contribution in [-0.4, -0.2) is 74.7 Å². The van der Waals surface area contributed by atoms with Crippen LogP contribution in [0, 0.1) is 0 Å². The largest absolute Gasteiger partial charge is 0.375 e. The van der Waals surface area contributed by atoms with Crippen LogP contribution in [0.1, 0.15) is 25.7 Å². The molecule has 1 unspecified atom stereocenters. The van der Waals surface area contributed by atoms with E-state index in [4.69, 9.17) is 4.74 Å². The van der Waals surface area contributed by atoms with E-state index in [1.807, 2.05) is 11.9 Å². The highest BCUT2D eigenvalue weighted by atomic mass is 16.5. The summed E-state index contributed by atoms with van der Waals surface area (Å²) in [5, 5.41) is 3.26. The van der Waals surface area contributed by atoms with Crippen molar-refractivity contribution in [1.82, 2.24) is 15.1 Å². The topological polar surface area (TPSA) is 44.8 Å². The second-order valence-corrected chi connectivity index (χ2v) is 6.12. The molecule has 0 aromatic heterocycles. The molecule has 1 aliphatic carbocycles. The third-order valence-corrected chi connectivity index (χ3v) is 4.60. The summed E-state index contributed by atoms with van der Waals surface area (Å²) >= 11 is 0. The van der Waals surface area contributed by atoms with Crippen molar-refractivity contribution >= 4 is 5.91 Å². The molecule has 110 valence electrons. The predicted octanol–water partition coefficient (Wildman–Crippen LogP) is 0.308. The highest BCUT2D eigenvalue weighted by Gasteiger charge is 2.40. The van der Waals surface area contributed by atoms with Crippen LogP contribution < -0.4 is 5.32 Å². The van der Waals surface area contributed by atoms with Gasteiger partial charge in [-0.15, -0.1) is 0 Å². The fraction of sp³-hybridized carbons (Fsp3) is 0.929. The summed E-state index contributed by atoms with van der Waals surface area (Å²) in [4.78, 5) is 16.4. The second-order valence-electron chi connectivity index (χ2n) is 6.12. The molecular weight excluding hydrogens is 242 g/mol. The van der Waals surface area contributed by atoms with Crippen LogP contribution >= 0.6 is 0 Å². The van der Waals surface area contributed by atoms with E-state index in [-0.39, 0.29) is 17.6 Å². The maximum atomic E-state index is 12.3. The van der Waals surface area contributed by atoms with Gasteiger partial charge in [-0.1, -0.05) is 0 Å². The molecule has 0 aromatic rings. The number of likely N-dealkylation sites (N-methyl/N-ethyl adjacent to an activating group) is 2. The number of carbonyl (C=O) groups excluding carboxylic acids is 1. The normalized spacial score (nSPS) is 26.0. The van der Waals surface area contributed by atoms with Gasteiger partial charge in [-0.3, -0.25) is 4.79 Å². The average molecular weight is 269 g/mol. The molecule has 1 aliphatic heterocycles. The lowest BCUT2D eigenvalue weighted by atomic mass is 9.75. The first-order chi connectivity index (χ1) is 9.03. The summed E-state index contributed by atoms with van der Waals surface area (Å²) in [5.41, 5.74) is 0.204. The minimum atomic E-state index is 0.0420. The molecule has 0 radical (unpaired) electrons. The molecule has 0 aromatic carbocycles. The van der Waals surface area contributed by atoms with Gasteiger partial charge < -0.3 is 19.9 Å². The second kappa shape index (κ2) is 6.20. The van der Waals surface area contributed by atoms with E-state index in [1.54, 1.807) is 0 Å². The van der Waals surface area contributed by atoms with Gasteiger partial charge in [0.2, 0.25) is 5.91 Å². The van der Waals surface area contributed by atoms with E-state index < -0.39 is 0 Å². The van der Waals surface area contributed by atoms with Crippen molar-refractivity contribution in [2.24, 2.45) is 0 Å². The van der Waals surface area contributed by atoms with Crippen molar-refractivity contribution in [3.05, 3.63) is 0 Å². The first-order valence-corrected chi connectivity index (χ1v) is 7.27. The fourth-order valence-corrected chi connectivity index (χ4v) is 2.96. The Morgan fingerprint density at radius 2 is 2.11 bits per heavy atom. The monoisotopic (exact) mass is 269 g/mol. The molecule has 5 nitrogen and oxygen atoms in total. The number of ether oxygens (including phenoxy) is 1. The predicted molar refractivity (Wildman–Crippen MR) is 75.1 cm³/mol. The molecule has 0 spiro atoms. The maximum absolute atomic E-state index is 12.3. The van der Waals surface area contributed by atoms with Crippen LogP contribution in [0.3, 0.4) is 0 Å². The summed E-state index contributed by atoms with van der Waals surface area (Å²) in [6.45, 7) is 3.23. The van der Waals surface area contributed by atoms with Crippen LogP contribution in [0.4, 0.5) is 0 Å². The van der Waals surface area contributed by atoms with Crippen molar-refractivity contribution < 1.29 is 9.53 Å². The van der Waals surface area contributed by atoms with E-state index in [0.29, 0.717) is 13.0 Å². The molecular formula is C14H27N3O2. The van der Waals surface area contributed by atoms with Gasteiger partial charge in [-0.05, 0) is 33.4 Å². The van der Waals surface area contributed by atoms with Gasteiger partial charge in [0.15, 0.2) is 0 Å².